The Hall–Kier alpha value is -3.50. The van der Waals surface area contributed by atoms with Crippen LogP contribution >= 0.6 is 0 Å². The zero-order valence-electron chi connectivity index (χ0n) is 17.7. The van der Waals surface area contributed by atoms with Crippen molar-refractivity contribution in [3.05, 3.63) is 89.2 Å². The lowest BCUT2D eigenvalue weighted by atomic mass is 9.71. The smallest absolute Gasteiger partial charge is 0.251 e. The first kappa shape index (κ1) is 21.7. The number of pyridine rings is 1. The fraction of sp³-hybridized carbons (Fsp3) is 0.240. The Labute approximate surface area is 187 Å². The summed E-state index contributed by atoms with van der Waals surface area (Å²) in [5.41, 5.74) is 4.11. The van der Waals surface area contributed by atoms with Crippen LogP contribution < -0.4 is 5.32 Å². The van der Waals surface area contributed by atoms with Gasteiger partial charge < -0.3 is 5.32 Å². The molecule has 0 spiro atoms. The molecule has 1 aliphatic carbocycles. The minimum Gasteiger partial charge on any atom is -0.343 e. The molecule has 2 aromatic carbocycles. The highest BCUT2D eigenvalue weighted by atomic mass is 32.2. The van der Waals surface area contributed by atoms with Gasteiger partial charge in [0.15, 0.2) is 9.84 Å². The van der Waals surface area contributed by atoms with Crippen LogP contribution in [0, 0.1) is 11.3 Å². The number of nitrogens with one attached hydrogen (secondary N) is 1. The van der Waals surface area contributed by atoms with Crippen molar-refractivity contribution in [3.63, 3.8) is 0 Å². The van der Waals surface area contributed by atoms with Gasteiger partial charge in [-0.3, -0.25) is 9.78 Å². The van der Waals surface area contributed by atoms with E-state index in [1.165, 1.54) is 6.26 Å². The maximum atomic E-state index is 12.8. The van der Waals surface area contributed by atoms with Gasteiger partial charge in [-0.25, -0.2) is 8.42 Å². The third-order valence-corrected chi connectivity index (χ3v) is 6.66. The number of rotatable bonds is 6. The summed E-state index contributed by atoms with van der Waals surface area (Å²) in [4.78, 5) is 17.1. The number of nitriles is 1. The molecule has 6 nitrogen and oxygen atoms in total. The first-order chi connectivity index (χ1) is 15.3. The van der Waals surface area contributed by atoms with Crippen LogP contribution in [-0.4, -0.2) is 25.6 Å². The van der Waals surface area contributed by atoms with Crippen molar-refractivity contribution < 1.29 is 13.2 Å². The van der Waals surface area contributed by atoms with E-state index in [0.29, 0.717) is 16.8 Å². The van der Waals surface area contributed by atoms with Crippen LogP contribution in [0.25, 0.3) is 11.1 Å². The predicted molar refractivity (Wildman–Crippen MR) is 122 cm³/mol. The second-order valence-corrected chi connectivity index (χ2v) is 10.4. The SMILES string of the molecule is CS(=O)(=O)Cc1ccc(-c2ccc(C3(NC(=O)c4ccc(C#N)cc4)CCC3)cc2)cn1. The average molecular weight is 446 g/mol. The van der Waals surface area contributed by atoms with Crippen LogP contribution in [0.2, 0.25) is 0 Å². The molecule has 7 heteroatoms. The molecule has 0 saturated heterocycles. The van der Waals surface area contributed by atoms with Crippen molar-refractivity contribution in [1.82, 2.24) is 10.3 Å². The number of carbonyl (C=O) groups excluding carboxylic acids is 1. The van der Waals surface area contributed by atoms with Crippen LogP contribution in [0.3, 0.4) is 0 Å². The van der Waals surface area contributed by atoms with Gasteiger partial charge in [0.1, 0.15) is 0 Å². The van der Waals surface area contributed by atoms with Gasteiger partial charge in [-0.1, -0.05) is 30.3 Å². The molecule has 0 bridgehead atoms. The Kier molecular flexibility index (Phi) is 5.81. The average Bonchev–Trinajstić information content (AvgIpc) is 2.76. The number of aromatic nitrogens is 1. The van der Waals surface area contributed by atoms with Crippen LogP contribution in [-0.2, 0) is 21.1 Å². The van der Waals surface area contributed by atoms with Crippen molar-refractivity contribution in [1.29, 1.82) is 5.26 Å². The standard InChI is InChI=1S/C25H23N3O3S/c1-32(30,31)17-23-12-9-21(16-27-23)19-7-10-22(11-8-19)25(13-2-14-25)28-24(29)20-5-3-18(15-26)4-6-20/h3-12,16H,2,13-14,17H2,1H3,(H,28,29). The highest BCUT2D eigenvalue weighted by molar-refractivity contribution is 7.89. The molecule has 1 aromatic heterocycles. The van der Waals surface area contributed by atoms with Crippen LogP contribution in [0.4, 0.5) is 0 Å². The maximum Gasteiger partial charge on any atom is 0.251 e. The second kappa shape index (κ2) is 8.56. The molecule has 162 valence electrons. The molecular weight excluding hydrogens is 422 g/mol. The van der Waals surface area contributed by atoms with Gasteiger partial charge in [0, 0.05) is 23.6 Å². The topological polar surface area (TPSA) is 99.9 Å². The molecule has 0 aliphatic heterocycles. The molecule has 0 radical (unpaired) electrons. The second-order valence-electron chi connectivity index (χ2n) is 8.26. The molecule has 1 N–H and O–H groups in total. The predicted octanol–water partition coefficient (Wildman–Crippen LogP) is 3.97. The molecule has 1 fully saturated rings. The van der Waals surface area contributed by atoms with Crippen molar-refractivity contribution >= 4 is 15.7 Å². The molecule has 0 unspecified atom stereocenters. The van der Waals surface area contributed by atoms with E-state index < -0.39 is 9.84 Å². The van der Waals surface area contributed by atoms with E-state index in [0.717, 1.165) is 36.0 Å². The van der Waals surface area contributed by atoms with E-state index >= 15 is 0 Å². The molecule has 4 rings (SSSR count). The molecule has 1 amide bonds. The normalized spacial score (nSPS) is 14.8. The fourth-order valence-corrected chi connectivity index (χ4v) is 4.64. The number of nitrogens with zero attached hydrogens (tertiary/aromatic N) is 2. The maximum absolute atomic E-state index is 12.8. The van der Waals surface area contributed by atoms with Crippen molar-refractivity contribution in [3.8, 4) is 17.2 Å². The molecule has 0 atom stereocenters. The van der Waals surface area contributed by atoms with E-state index in [2.05, 4.69) is 16.4 Å². The van der Waals surface area contributed by atoms with Crippen molar-refractivity contribution in [2.75, 3.05) is 6.26 Å². The van der Waals surface area contributed by atoms with E-state index in [4.69, 9.17) is 5.26 Å². The first-order valence-corrected chi connectivity index (χ1v) is 12.4. The monoisotopic (exact) mass is 445 g/mol. The summed E-state index contributed by atoms with van der Waals surface area (Å²) >= 11 is 0. The Morgan fingerprint density at radius 2 is 1.69 bits per heavy atom. The molecular formula is C25H23N3O3S. The fourth-order valence-electron chi connectivity index (χ4n) is 3.93. The van der Waals surface area contributed by atoms with Crippen LogP contribution in [0.1, 0.15) is 46.4 Å². The summed E-state index contributed by atoms with van der Waals surface area (Å²) in [6, 6.07) is 20.3. The summed E-state index contributed by atoms with van der Waals surface area (Å²) in [5.74, 6) is -0.225. The lowest BCUT2D eigenvalue weighted by Crippen LogP contribution is -2.50. The first-order valence-electron chi connectivity index (χ1n) is 10.3. The summed E-state index contributed by atoms with van der Waals surface area (Å²) in [5, 5.41) is 12.1. The molecule has 1 heterocycles. The number of sulfone groups is 1. The quantitative estimate of drug-likeness (QED) is 0.619. The van der Waals surface area contributed by atoms with Gasteiger partial charge in [-0.2, -0.15) is 5.26 Å². The molecule has 1 saturated carbocycles. The van der Waals surface area contributed by atoms with Crippen LogP contribution in [0.15, 0.2) is 66.9 Å². The third kappa shape index (κ3) is 4.71. The number of carbonyl (C=O) groups is 1. The Morgan fingerprint density at radius 1 is 1.03 bits per heavy atom. The van der Waals surface area contributed by atoms with Gasteiger partial charge in [-0.05, 0) is 60.7 Å². The highest BCUT2D eigenvalue weighted by Gasteiger charge is 2.40. The third-order valence-electron chi connectivity index (χ3n) is 5.84. The van der Waals surface area contributed by atoms with Crippen LogP contribution in [0.5, 0.6) is 0 Å². The van der Waals surface area contributed by atoms with Crippen molar-refractivity contribution in [2.45, 2.75) is 30.6 Å². The summed E-state index contributed by atoms with van der Waals surface area (Å²) in [6.07, 6.45) is 5.66. The lowest BCUT2D eigenvalue weighted by molar-refractivity contribution is 0.0823. The summed E-state index contributed by atoms with van der Waals surface area (Å²) < 4.78 is 22.9. The van der Waals surface area contributed by atoms with Gasteiger partial charge in [0.2, 0.25) is 0 Å². The largest absolute Gasteiger partial charge is 0.343 e. The number of hydrogen-bond acceptors (Lipinski definition) is 5. The van der Waals surface area contributed by atoms with Gasteiger partial charge in [0.25, 0.3) is 5.91 Å². The van der Waals surface area contributed by atoms with E-state index in [-0.39, 0.29) is 17.2 Å². The van der Waals surface area contributed by atoms with Gasteiger partial charge >= 0.3 is 0 Å². The lowest BCUT2D eigenvalue weighted by Gasteiger charge is -2.43. The van der Waals surface area contributed by atoms with E-state index in [1.807, 2.05) is 30.3 Å². The van der Waals surface area contributed by atoms with Crippen molar-refractivity contribution in [2.24, 2.45) is 0 Å². The highest BCUT2D eigenvalue weighted by Crippen LogP contribution is 2.42. The van der Waals surface area contributed by atoms with Gasteiger partial charge in [0.05, 0.1) is 28.6 Å². The zero-order valence-corrected chi connectivity index (χ0v) is 18.5. The van der Waals surface area contributed by atoms with E-state index in [1.54, 1.807) is 36.5 Å². The summed E-state index contributed by atoms with van der Waals surface area (Å²) in [7, 11) is -3.12. The molecule has 3 aromatic rings. The minimum absolute atomic E-state index is 0.0757. The Balaban J connectivity index is 1.50. The zero-order chi connectivity index (χ0) is 22.8. The number of hydrogen-bond donors (Lipinski definition) is 1. The van der Waals surface area contributed by atoms with Gasteiger partial charge in [-0.15, -0.1) is 0 Å². The summed E-state index contributed by atoms with van der Waals surface area (Å²) in [6.45, 7) is 0. The Bertz CT molecular complexity index is 1270. The minimum atomic E-state index is -3.12. The number of amides is 1. The van der Waals surface area contributed by atoms with E-state index in [9.17, 15) is 13.2 Å². The molecule has 32 heavy (non-hydrogen) atoms. The Morgan fingerprint density at radius 3 is 2.19 bits per heavy atom. The number of benzene rings is 2. The molecule has 1 aliphatic rings.